The first-order valence-electron chi connectivity index (χ1n) is 5.99. The second kappa shape index (κ2) is 5.29. The summed E-state index contributed by atoms with van der Waals surface area (Å²) in [5.41, 5.74) is 1.13. The molecule has 0 fully saturated rings. The summed E-state index contributed by atoms with van der Waals surface area (Å²) in [6, 6.07) is 10.4. The molecular weight excluding hydrogens is 196 g/mol. The average Bonchev–Trinajstić information content (AvgIpc) is 2.25. The zero-order valence-corrected chi connectivity index (χ0v) is 10.8. The van der Waals surface area contributed by atoms with Crippen LogP contribution in [0.3, 0.4) is 0 Å². The molecule has 0 saturated heterocycles. The third-order valence-corrected chi connectivity index (χ3v) is 3.01. The Morgan fingerprint density at radius 1 is 1.19 bits per heavy atom. The van der Waals surface area contributed by atoms with E-state index in [9.17, 15) is 4.79 Å². The molecule has 0 bridgehead atoms. The molecule has 1 nitrogen and oxygen atoms in total. The van der Waals surface area contributed by atoms with Crippen molar-refractivity contribution in [3.63, 3.8) is 0 Å². The fraction of sp³-hybridized carbons (Fsp3) is 0.533. The van der Waals surface area contributed by atoms with Crippen molar-refractivity contribution in [1.29, 1.82) is 0 Å². The van der Waals surface area contributed by atoms with Gasteiger partial charge in [-0.3, -0.25) is 4.79 Å². The Balaban J connectivity index is 2.48. The topological polar surface area (TPSA) is 17.1 Å². The number of hydrogen-bond acceptors (Lipinski definition) is 1. The molecule has 88 valence electrons. The lowest BCUT2D eigenvalue weighted by molar-refractivity contribution is -0.126. The Morgan fingerprint density at radius 2 is 1.75 bits per heavy atom. The van der Waals surface area contributed by atoms with E-state index in [1.807, 2.05) is 26.8 Å². The Morgan fingerprint density at radius 3 is 2.25 bits per heavy atom. The van der Waals surface area contributed by atoms with Gasteiger partial charge in [-0.25, -0.2) is 0 Å². The zero-order valence-electron chi connectivity index (χ0n) is 10.8. The van der Waals surface area contributed by atoms with Crippen LogP contribution in [-0.2, 0) is 4.79 Å². The van der Waals surface area contributed by atoms with Gasteiger partial charge in [0.15, 0.2) is 0 Å². The van der Waals surface area contributed by atoms with E-state index in [1.165, 1.54) is 5.56 Å². The van der Waals surface area contributed by atoms with Crippen LogP contribution in [0.4, 0.5) is 0 Å². The van der Waals surface area contributed by atoms with Gasteiger partial charge in [-0.1, -0.05) is 58.0 Å². The van der Waals surface area contributed by atoms with E-state index in [0.717, 1.165) is 6.42 Å². The molecule has 0 amide bonds. The number of carbonyl (C=O) groups excluding carboxylic acids is 1. The summed E-state index contributed by atoms with van der Waals surface area (Å²) in [6.07, 6.45) is 1.62. The second-order valence-corrected chi connectivity index (χ2v) is 5.52. The minimum absolute atomic E-state index is 0.198. The predicted molar refractivity (Wildman–Crippen MR) is 68.6 cm³/mol. The van der Waals surface area contributed by atoms with Crippen LogP contribution in [0.1, 0.15) is 52.0 Å². The summed E-state index contributed by atoms with van der Waals surface area (Å²) in [4.78, 5) is 11.8. The van der Waals surface area contributed by atoms with Crippen LogP contribution in [0.25, 0.3) is 0 Å². The highest BCUT2D eigenvalue weighted by Crippen LogP contribution is 2.24. The van der Waals surface area contributed by atoms with E-state index >= 15 is 0 Å². The van der Waals surface area contributed by atoms with Crippen LogP contribution in [0.5, 0.6) is 0 Å². The molecule has 0 aliphatic heterocycles. The molecule has 1 unspecified atom stereocenters. The second-order valence-electron chi connectivity index (χ2n) is 5.52. The van der Waals surface area contributed by atoms with Gasteiger partial charge in [-0.15, -0.1) is 0 Å². The Hall–Kier alpha value is -1.11. The largest absolute Gasteiger partial charge is 0.299 e. The van der Waals surface area contributed by atoms with Crippen LogP contribution < -0.4 is 0 Å². The molecule has 0 N–H and O–H groups in total. The Bertz CT molecular complexity index is 332. The van der Waals surface area contributed by atoms with Crippen LogP contribution in [0.15, 0.2) is 30.3 Å². The van der Waals surface area contributed by atoms with Gasteiger partial charge in [0.2, 0.25) is 0 Å². The molecule has 1 rings (SSSR count). The first-order chi connectivity index (χ1) is 7.41. The summed E-state index contributed by atoms with van der Waals surface area (Å²) in [5.74, 6) is 0.822. The van der Waals surface area contributed by atoms with Gasteiger partial charge in [0, 0.05) is 11.8 Å². The maximum absolute atomic E-state index is 11.8. The van der Waals surface area contributed by atoms with Crippen molar-refractivity contribution in [2.75, 3.05) is 0 Å². The van der Waals surface area contributed by atoms with E-state index in [0.29, 0.717) is 18.1 Å². The maximum atomic E-state index is 11.8. The molecule has 0 aliphatic rings. The van der Waals surface area contributed by atoms with Crippen molar-refractivity contribution in [3.05, 3.63) is 35.9 Å². The summed E-state index contributed by atoms with van der Waals surface area (Å²) in [7, 11) is 0. The van der Waals surface area contributed by atoms with Gasteiger partial charge in [0.25, 0.3) is 0 Å². The van der Waals surface area contributed by atoms with Gasteiger partial charge in [-0.2, -0.15) is 0 Å². The highest BCUT2D eigenvalue weighted by molar-refractivity contribution is 5.83. The minimum Gasteiger partial charge on any atom is -0.299 e. The zero-order chi connectivity index (χ0) is 12.2. The number of benzene rings is 1. The maximum Gasteiger partial charge on any atom is 0.138 e. The molecule has 0 saturated carbocycles. The molecule has 0 aromatic heterocycles. The lowest BCUT2D eigenvalue weighted by atomic mass is 9.85. The van der Waals surface area contributed by atoms with Crippen LogP contribution in [-0.4, -0.2) is 5.78 Å². The summed E-state index contributed by atoms with van der Waals surface area (Å²) in [5, 5.41) is 0. The van der Waals surface area contributed by atoms with Crippen LogP contribution in [0.2, 0.25) is 0 Å². The average molecular weight is 218 g/mol. The first kappa shape index (κ1) is 13.0. The number of Topliss-reactive ketones (excluding diaryl/α,β-unsaturated/α-hetero) is 1. The highest BCUT2D eigenvalue weighted by atomic mass is 16.1. The molecule has 1 atom stereocenters. The number of carbonyl (C=O) groups is 1. The lowest BCUT2D eigenvalue weighted by Gasteiger charge is -2.18. The Kier molecular flexibility index (Phi) is 4.28. The fourth-order valence-corrected chi connectivity index (χ4v) is 1.67. The van der Waals surface area contributed by atoms with Crippen LogP contribution in [0, 0.1) is 5.41 Å². The molecule has 1 aromatic rings. The van der Waals surface area contributed by atoms with Gasteiger partial charge < -0.3 is 0 Å². The number of ketones is 1. The van der Waals surface area contributed by atoms with Crippen LogP contribution >= 0.6 is 0 Å². The van der Waals surface area contributed by atoms with Gasteiger partial charge in [0.1, 0.15) is 5.78 Å². The van der Waals surface area contributed by atoms with E-state index in [4.69, 9.17) is 0 Å². The molecule has 0 heterocycles. The highest BCUT2D eigenvalue weighted by Gasteiger charge is 2.21. The predicted octanol–water partition coefficient (Wildman–Crippen LogP) is 4.19. The molecule has 0 spiro atoms. The quantitative estimate of drug-likeness (QED) is 0.740. The van der Waals surface area contributed by atoms with Gasteiger partial charge in [-0.05, 0) is 17.9 Å². The SMILES string of the molecule is CC(CCC(=O)C(C)(C)C)c1ccccc1. The molecular formula is C15H22O. The van der Waals surface area contributed by atoms with Crippen molar-refractivity contribution in [1.82, 2.24) is 0 Å². The minimum atomic E-state index is -0.198. The normalized spacial score (nSPS) is 13.5. The summed E-state index contributed by atoms with van der Waals surface area (Å²) < 4.78 is 0. The number of rotatable bonds is 4. The van der Waals surface area contributed by atoms with E-state index < -0.39 is 0 Å². The van der Waals surface area contributed by atoms with Gasteiger partial charge in [0.05, 0.1) is 0 Å². The smallest absolute Gasteiger partial charge is 0.138 e. The number of hydrogen-bond donors (Lipinski definition) is 0. The monoisotopic (exact) mass is 218 g/mol. The van der Waals surface area contributed by atoms with Crippen molar-refractivity contribution >= 4 is 5.78 Å². The fourth-order valence-electron chi connectivity index (χ4n) is 1.67. The summed E-state index contributed by atoms with van der Waals surface area (Å²) >= 11 is 0. The third kappa shape index (κ3) is 3.80. The van der Waals surface area contributed by atoms with E-state index in [-0.39, 0.29) is 5.41 Å². The van der Waals surface area contributed by atoms with Crippen molar-refractivity contribution in [2.24, 2.45) is 5.41 Å². The van der Waals surface area contributed by atoms with Gasteiger partial charge >= 0.3 is 0 Å². The molecule has 16 heavy (non-hydrogen) atoms. The Labute approximate surface area is 98.9 Å². The standard InChI is InChI=1S/C15H22O/c1-12(13-8-6-5-7-9-13)10-11-14(16)15(2,3)4/h5-9,12H,10-11H2,1-4H3. The van der Waals surface area contributed by atoms with E-state index in [2.05, 4.69) is 31.2 Å². The van der Waals surface area contributed by atoms with Crippen molar-refractivity contribution in [3.8, 4) is 0 Å². The lowest BCUT2D eigenvalue weighted by Crippen LogP contribution is -2.20. The van der Waals surface area contributed by atoms with Crippen molar-refractivity contribution in [2.45, 2.75) is 46.5 Å². The summed E-state index contributed by atoms with van der Waals surface area (Å²) in [6.45, 7) is 8.15. The molecule has 0 radical (unpaired) electrons. The molecule has 0 aliphatic carbocycles. The molecule has 1 aromatic carbocycles. The first-order valence-corrected chi connectivity index (χ1v) is 5.99. The van der Waals surface area contributed by atoms with E-state index in [1.54, 1.807) is 0 Å². The van der Waals surface area contributed by atoms with Crippen molar-refractivity contribution < 1.29 is 4.79 Å². The molecule has 1 heteroatoms. The third-order valence-electron chi connectivity index (χ3n) is 3.01.